The number of hydrogen-bond acceptors (Lipinski definition) is 3. The Morgan fingerprint density at radius 3 is 2.68 bits per heavy atom. The molecule has 0 saturated carbocycles. The minimum atomic E-state index is -0.0578. The first kappa shape index (κ1) is 16.1. The summed E-state index contributed by atoms with van der Waals surface area (Å²) in [6, 6.07) is 6.78. The Morgan fingerprint density at radius 2 is 2.00 bits per heavy atom. The lowest BCUT2D eigenvalue weighted by atomic mass is 9.98. The van der Waals surface area contributed by atoms with Crippen LogP contribution in [0.5, 0.6) is 0 Å². The zero-order valence-corrected chi connectivity index (χ0v) is 14.1. The number of hydrogen-bond donors (Lipinski definition) is 2. The number of piperidine rings is 1. The summed E-state index contributed by atoms with van der Waals surface area (Å²) in [5, 5.41) is 7.53. The molecule has 2 heterocycles. The monoisotopic (exact) mass is 341 g/mol. The van der Waals surface area contributed by atoms with Crippen molar-refractivity contribution in [3.63, 3.8) is 0 Å². The summed E-state index contributed by atoms with van der Waals surface area (Å²) in [7, 11) is 2.02. The van der Waals surface area contributed by atoms with Gasteiger partial charge in [0.1, 0.15) is 0 Å². The Hall–Kier alpha value is -0.810. The number of nitrogens with one attached hydrogen (secondary N) is 2. The van der Waals surface area contributed by atoms with E-state index in [1.807, 2.05) is 7.05 Å². The molecule has 0 aliphatic carbocycles. The van der Waals surface area contributed by atoms with Crippen molar-refractivity contribution < 1.29 is 4.79 Å². The number of rotatable bonds is 4. The average Bonchev–Trinajstić information content (AvgIpc) is 2.81. The van der Waals surface area contributed by atoms with Crippen LogP contribution in [0.3, 0.4) is 0 Å². The van der Waals surface area contributed by atoms with E-state index in [-0.39, 0.29) is 5.91 Å². The Morgan fingerprint density at radius 1 is 1.32 bits per heavy atom. The molecular formula is C16H21Cl2N3O. The van der Waals surface area contributed by atoms with E-state index in [0.29, 0.717) is 40.4 Å². The molecule has 2 saturated heterocycles. The maximum Gasteiger partial charge on any atom is 0.238 e. The van der Waals surface area contributed by atoms with E-state index in [9.17, 15) is 4.79 Å². The fraction of sp³-hybridized carbons (Fsp3) is 0.562. The van der Waals surface area contributed by atoms with Crippen molar-refractivity contribution in [2.75, 3.05) is 18.9 Å². The first-order chi connectivity index (χ1) is 10.5. The molecule has 2 fully saturated rings. The third-order valence-electron chi connectivity index (χ3n) is 4.67. The van der Waals surface area contributed by atoms with Gasteiger partial charge in [0.15, 0.2) is 0 Å². The van der Waals surface area contributed by atoms with Crippen molar-refractivity contribution >= 4 is 34.8 Å². The quantitative estimate of drug-likeness (QED) is 0.884. The van der Waals surface area contributed by atoms with Gasteiger partial charge in [0.05, 0.1) is 17.3 Å². The standard InChI is InChI=1S/C16H21Cl2N3O/c1-21(13-7-11-3-4-12(8-13)19-11)9-16(22)20-15-6-10(17)2-5-14(15)18/h2,5-6,11-13,19H,3-4,7-9H2,1H3,(H,20,22). The summed E-state index contributed by atoms with van der Waals surface area (Å²) in [5.41, 5.74) is 0.568. The van der Waals surface area contributed by atoms with Gasteiger partial charge in [-0.15, -0.1) is 0 Å². The predicted molar refractivity (Wildman–Crippen MR) is 90.7 cm³/mol. The molecule has 2 aliphatic heterocycles. The number of halogens is 2. The lowest BCUT2D eigenvalue weighted by Crippen LogP contribution is -2.48. The second-order valence-corrected chi connectivity index (χ2v) is 7.19. The number of amides is 1. The zero-order chi connectivity index (χ0) is 15.7. The maximum absolute atomic E-state index is 12.2. The van der Waals surface area contributed by atoms with Gasteiger partial charge in [-0.1, -0.05) is 23.2 Å². The molecule has 1 amide bonds. The van der Waals surface area contributed by atoms with Gasteiger partial charge in [-0.3, -0.25) is 9.69 Å². The molecule has 6 heteroatoms. The minimum Gasteiger partial charge on any atom is -0.324 e. The second-order valence-electron chi connectivity index (χ2n) is 6.35. The topological polar surface area (TPSA) is 44.4 Å². The number of nitrogens with zero attached hydrogens (tertiary/aromatic N) is 1. The van der Waals surface area contributed by atoms with Crippen molar-refractivity contribution in [2.45, 2.75) is 43.8 Å². The van der Waals surface area contributed by atoms with Crippen LogP contribution in [0.1, 0.15) is 25.7 Å². The average molecular weight is 342 g/mol. The summed E-state index contributed by atoms with van der Waals surface area (Å²) >= 11 is 12.0. The number of likely N-dealkylation sites (N-methyl/N-ethyl adjacent to an activating group) is 1. The van der Waals surface area contributed by atoms with Gasteiger partial charge in [0, 0.05) is 23.1 Å². The van der Waals surface area contributed by atoms with Gasteiger partial charge in [0.25, 0.3) is 0 Å². The van der Waals surface area contributed by atoms with E-state index in [0.717, 1.165) is 12.8 Å². The molecule has 2 aliphatic rings. The summed E-state index contributed by atoms with van der Waals surface area (Å²) < 4.78 is 0. The Bertz CT molecular complexity index is 554. The van der Waals surface area contributed by atoms with Crippen molar-refractivity contribution in [1.29, 1.82) is 0 Å². The van der Waals surface area contributed by atoms with Crippen LogP contribution in [0.15, 0.2) is 18.2 Å². The van der Waals surface area contributed by atoms with Crippen molar-refractivity contribution in [3.05, 3.63) is 28.2 Å². The van der Waals surface area contributed by atoms with Gasteiger partial charge >= 0.3 is 0 Å². The largest absolute Gasteiger partial charge is 0.324 e. The predicted octanol–water partition coefficient (Wildman–Crippen LogP) is 3.15. The smallest absolute Gasteiger partial charge is 0.238 e. The van der Waals surface area contributed by atoms with Crippen molar-refractivity contribution in [1.82, 2.24) is 10.2 Å². The van der Waals surface area contributed by atoms with E-state index >= 15 is 0 Å². The van der Waals surface area contributed by atoms with E-state index in [2.05, 4.69) is 15.5 Å². The molecule has 2 atom stereocenters. The SMILES string of the molecule is CN(CC(=O)Nc1cc(Cl)ccc1Cl)C1CC2CCC(C1)N2. The molecule has 1 aromatic carbocycles. The maximum atomic E-state index is 12.2. The third-order valence-corrected chi connectivity index (χ3v) is 5.23. The van der Waals surface area contributed by atoms with Crippen molar-refractivity contribution in [2.24, 2.45) is 0 Å². The number of anilines is 1. The van der Waals surface area contributed by atoms with Crippen LogP contribution in [0.4, 0.5) is 5.69 Å². The lowest BCUT2D eigenvalue weighted by Gasteiger charge is -2.35. The van der Waals surface area contributed by atoms with Crippen LogP contribution in [0.25, 0.3) is 0 Å². The molecule has 4 nitrogen and oxygen atoms in total. The van der Waals surface area contributed by atoms with E-state index in [4.69, 9.17) is 23.2 Å². The van der Waals surface area contributed by atoms with E-state index in [1.165, 1.54) is 12.8 Å². The van der Waals surface area contributed by atoms with E-state index in [1.54, 1.807) is 18.2 Å². The molecular weight excluding hydrogens is 321 g/mol. The third kappa shape index (κ3) is 3.74. The summed E-state index contributed by atoms with van der Waals surface area (Å²) in [4.78, 5) is 14.4. The highest BCUT2D eigenvalue weighted by molar-refractivity contribution is 6.35. The number of carbonyl (C=O) groups excluding carboxylic acids is 1. The van der Waals surface area contributed by atoms with Crippen molar-refractivity contribution in [3.8, 4) is 0 Å². The van der Waals surface area contributed by atoms with Gasteiger partial charge in [-0.05, 0) is 50.9 Å². The molecule has 22 heavy (non-hydrogen) atoms. The molecule has 2 N–H and O–H groups in total. The van der Waals surface area contributed by atoms with Crippen LogP contribution in [-0.2, 0) is 4.79 Å². The fourth-order valence-electron chi connectivity index (χ4n) is 3.53. The molecule has 1 aromatic rings. The normalized spacial score (nSPS) is 27.2. The Kier molecular flexibility index (Phi) is 4.93. The zero-order valence-electron chi connectivity index (χ0n) is 12.6. The van der Waals surface area contributed by atoms with Gasteiger partial charge < -0.3 is 10.6 Å². The first-order valence-electron chi connectivity index (χ1n) is 7.72. The molecule has 0 aromatic heterocycles. The van der Waals surface area contributed by atoms with Crippen LogP contribution in [-0.4, -0.2) is 42.5 Å². The van der Waals surface area contributed by atoms with Crippen LogP contribution in [0.2, 0.25) is 10.0 Å². The molecule has 2 bridgehead atoms. The molecule has 0 spiro atoms. The Labute approximate surface area is 141 Å². The van der Waals surface area contributed by atoms with E-state index < -0.39 is 0 Å². The molecule has 2 unspecified atom stereocenters. The number of fused-ring (bicyclic) bond motifs is 2. The fourth-order valence-corrected chi connectivity index (χ4v) is 3.86. The summed E-state index contributed by atoms with van der Waals surface area (Å²) in [6.07, 6.45) is 4.77. The minimum absolute atomic E-state index is 0.0578. The number of carbonyl (C=O) groups is 1. The van der Waals surface area contributed by atoms with Gasteiger partial charge in [0.2, 0.25) is 5.91 Å². The molecule has 0 radical (unpaired) electrons. The van der Waals surface area contributed by atoms with Crippen LogP contribution >= 0.6 is 23.2 Å². The van der Waals surface area contributed by atoms with Gasteiger partial charge in [-0.25, -0.2) is 0 Å². The van der Waals surface area contributed by atoms with Crippen LogP contribution < -0.4 is 10.6 Å². The Balaban J connectivity index is 1.56. The number of benzene rings is 1. The molecule has 120 valence electrons. The van der Waals surface area contributed by atoms with Gasteiger partial charge in [-0.2, -0.15) is 0 Å². The second kappa shape index (κ2) is 6.75. The highest BCUT2D eigenvalue weighted by Gasteiger charge is 2.35. The molecule has 3 rings (SSSR count). The lowest BCUT2D eigenvalue weighted by molar-refractivity contribution is -0.117. The summed E-state index contributed by atoms with van der Waals surface area (Å²) in [6.45, 7) is 0.368. The highest BCUT2D eigenvalue weighted by Crippen LogP contribution is 2.29. The van der Waals surface area contributed by atoms with Crippen LogP contribution in [0, 0.1) is 0 Å². The summed E-state index contributed by atoms with van der Waals surface area (Å²) in [5.74, 6) is -0.0578. The highest BCUT2D eigenvalue weighted by atomic mass is 35.5. The first-order valence-corrected chi connectivity index (χ1v) is 8.48.